The van der Waals surface area contributed by atoms with E-state index in [0.717, 1.165) is 4.88 Å². The molecule has 0 radical (unpaired) electrons. The van der Waals surface area contributed by atoms with Gasteiger partial charge >= 0.3 is 0 Å². The Morgan fingerprint density at radius 1 is 1.20 bits per heavy atom. The number of hydrogen-bond donors (Lipinski definition) is 3. The third-order valence-corrected chi connectivity index (χ3v) is 5.28. The molecule has 1 fully saturated rings. The van der Waals surface area contributed by atoms with Gasteiger partial charge in [-0.05, 0) is 30.4 Å². The number of anilines is 1. The maximum atomic E-state index is 12.5. The van der Waals surface area contributed by atoms with E-state index < -0.39 is 6.23 Å². The fraction of sp³-hybridized carbons (Fsp3) is 0.333. The lowest BCUT2D eigenvalue weighted by Crippen LogP contribution is -2.41. The summed E-state index contributed by atoms with van der Waals surface area (Å²) in [5.41, 5.74) is 6.54. The van der Waals surface area contributed by atoms with Crippen LogP contribution in [0.3, 0.4) is 0 Å². The summed E-state index contributed by atoms with van der Waals surface area (Å²) in [7, 11) is 0. The topological polar surface area (TPSA) is 95.7 Å². The summed E-state index contributed by atoms with van der Waals surface area (Å²) in [6, 6.07) is 10.6. The highest BCUT2D eigenvalue weighted by molar-refractivity contribution is 7.12. The molecule has 1 aromatic heterocycles. The zero-order valence-corrected chi connectivity index (χ0v) is 14.5. The van der Waals surface area contributed by atoms with Crippen LogP contribution in [-0.4, -0.2) is 34.9 Å². The molecule has 2 aromatic rings. The standard InChI is InChI=1S/C18H21N3O3S/c19-16(22)13-4-1-2-5-14(13)20-17(23)12-7-9-21(10-8-12)18(24)15-6-3-11-25-15/h1-6,11-12,16,22H,7-10,19H2,(H,20,23). The van der Waals surface area contributed by atoms with Crippen LogP contribution in [0.5, 0.6) is 0 Å². The predicted octanol–water partition coefficient (Wildman–Crippen LogP) is 2.19. The Bertz CT molecular complexity index is 738. The Kier molecular flexibility index (Phi) is 5.47. The number of benzene rings is 1. The molecule has 2 heterocycles. The lowest BCUT2D eigenvalue weighted by Gasteiger charge is -2.31. The number of nitrogens with two attached hydrogens (primary N) is 1. The van der Waals surface area contributed by atoms with Gasteiger partial charge in [0.2, 0.25) is 5.91 Å². The molecule has 0 bridgehead atoms. The molecular formula is C18H21N3O3S. The smallest absolute Gasteiger partial charge is 0.263 e. The minimum absolute atomic E-state index is 0.0328. The van der Waals surface area contributed by atoms with E-state index in [1.165, 1.54) is 11.3 Å². The average molecular weight is 359 g/mol. The molecule has 6 nitrogen and oxygen atoms in total. The number of piperidine rings is 1. The summed E-state index contributed by atoms with van der Waals surface area (Å²) in [4.78, 5) is 27.4. The second-order valence-electron chi connectivity index (χ2n) is 6.07. The van der Waals surface area contributed by atoms with Crippen LogP contribution in [0.4, 0.5) is 5.69 Å². The van der Waals surface area contributed by atoms with Crippen molar-refractivity contribution in [2.24, 2.45) is 11.7 Å². The van der Waals surface area contributed by atoms with Gasteiger partial charge < -0.3 is 21.1 Å². The van der Waals surface area contributed by atoms with Crippen LogP contribution in [0.2, 0.25) is 0 Å². The molecule has 2 amide bonds. The second kappa shape index (κ2) is 7.77. The second-order valence-corrected chi connectivity index (χ2v) is 7.01. The molecule has 25 heavy (non-hydrogen) atoms. The first-order chi connectivity index (χ1) is 12.1. The first-order valence-corrected chi connectivity index (χ1v) is 9.10. The Hall–Kier alpha value is -2.22. The number of aliphatic hydroxyl groups is 1. The van der Waals surface area contributed by atoms with Crippen molar-refractivity contribution < 1.29 is 14.7 Å². The maximum absolute atomic E-state index is 12.5. The van der Waals surface area contributed by atoms with Crippen molar-refractivity contribution in [2.45, 2.75) is 19.1 Å². The molecule has 1 aliphatic rings. The number of rotatable bonds is 4. The number of nitrogens with one attached hydrogen (secondary N) is 1. The van der Waals surface area contributed by atoms with Gasteiger partial charge in [0.05, 0.1) is 4.88 Å². The van der Waals surface area contributed by atoms with Gasteiger partial charge in [0, 0.05) is 30.3 Å². The minimum atomic E-state index is -1.14. The number of carbonyl (C=O) groups excluding carboxylic acids is 2. The van der Waals surface area contributed by atoms with Gasteiger partial charge in [0.1, 0.15) is 6.23 Å². The average Bonchev–Trinajstić information content (AvgIpc) is 3.16. The lowest BCUT2D eigenvalue weighted by atomic mass is 9.95. The zero-order valence-electron chi connectivity index (χ0n) is 13.7. The summed E-state index contributed by atoms with van der Waals surface area (Å²) in [6.07, 6.45) is 0.105. The fourth-order valence-corrected chi connectivity index (χ4v) is 3.70. The van der Waals surface area contributed by atoms with Crippen molar-refractivity contribution in [1.82, 2.24) is 4.90 Å². The molecule has 1 aliphatic heterocycles. The lowest BCUT2D eigenvalue weighted by molar-refractivity contribution is -0.121. The van der Waals surface area contributed by atoms with E-state index in [2.05, 4.69) is 5.32 Å². The Morgan fingerprint density at radius 2 is 1.92 bits per heavy atom. The Labute approximate surface area is 150 Å². The summed E-state index contributed by atoms with van der Waals surface area (Å²) in [6.45, 7) is 1.13. The minimum Gasteiger partial charge on any atom is -0.374 e. The first-order valence-electron chi connectivity index (χ1n) is 8.22. The molecular weight excluding hydrogens is 338 g/mol. The van der Waals surface area contributed by atoms with E-state index in [4.69, 9.17) is 5.73 Å². The summed E-state index contributed by atoms with van der Waals surface area (Å²) >= 11 is 1.43. The fourth-order valence-electron chi connectivity index (χ4n) is 3.00. The van der Waals surface area contributed by atoms with E-state index >= 15 is 0 Å². The van der Waals surface area contributed by atoms with E-state index in [-0.39, 0.29) is 17.7 Å². The highest BCUT2D eigenvalue weighted by atomic mass is 32.1. The molecule has 1 saturated heterocycles. The van der Waals surface area contributed by atoms with Crippen LogP contribution < -0.4 is 11.1 Å². The van der Waals surface area contributed by atoms with Crippen molar-refractivity contribution in [3.8, 4) is 0 Å². The van der Waals surface area contributed by atoms with Gasteiger partial charge in [-0.15, -0.1) is 11.3 Å². The Morgan fingerprint density at radius 3 is 2.56 bits per heavy atom. The van der Waals surface area contributed by atoms with Crippen LogP contribution in [0.15, 0.2) is 41.8 Å². The number of aliphatic hydroxyl groups excluding tert-OH is 1. The van der Waals surface area contributed by atoms with Gasteiger partial charge in [-0.25, -0.2) is 0 Å². The van der Waals surface area contributed by atoms with Gasteiger partial charge in [-0.3, -0.25) is 9.59 Å². The molecule has 3 rings (SSSR count). The number of carbonyl (C=O) groups is 2. The number of thiophene rings is 1. The van der Waals surface area contributed by atoms with Gasteiger partial charge in [0.15, 0.2) is 0 Å². The van der Waals surface area contributed by atoms with E-state index in [1.54, 1.807) is 29.2 Å². The van der Waals surface area contributed by atoms with Crippen LogP contribution in [-0.2, 0) is 4.79 Å². The zero-order chi connectivity index (χ0) is 17.8. The summed E-state index contributed by atoms with van der Waals surface area (Å²) in [5.74, 6) is -0.225. The van der Waals surface area contributed by atoms with Gasteiger partial charge in [0.25, 0.3) is 5.91 Å². The third-order valence-electron chi connectivity index (χ3n) is 4.42. The van der Waals surface area contributed by atoms with Crippen molar-refractivity contribution in [1.29, 1.82) is 0 Å². The largest absolute Gasteiger partial charge is 0.374 e. The third kappa shape index (κ3) is 4.07. The Balaban J connectivity index is 1.58. The van der Waals surface area contributed by atoms with Crippen LogP contribution >= 0.6 is 11.3 Å². The molecule has 0 saturated carbocycles. The molecule has 1 aromatic carbocycles. The molecule has 0 spiro atoms. The highest BCUT2D eigenvalue weighted by Crippen LogP contribution is 2.24. The van der Waals surface area contributed by atoms with E-state index in [1.807, 2.05) is 17.5 Å². The SMILES string of the molecule is NC(O)c1ccccc1NC(=O)C1CCN(C(=O)c2cccs2)CC1. The van der Waals surface area contributed by atoms with Crippen molar-refractivity contribution in [3.05, 3.63) is 52.2 Å². The monoisotopic (exact) mass is 359 g/mol. The van der Waals surface area contributed by atoms with Gasteiger partial charge in [-0.2, -0.15) is 0 Å². The molecule has 132 valence electrons. The summed E-state index contributed by atoms with van der Waals surface area (Å²) in [5, 5.41) is 14.3. The number of likely N-dealkylation sites (tertiary alicyclic amines) is 1. The normalized spacial score (nSPS) is 16.5. The maximum Gasteiger partial charge on any atom is 0.263 e. The van der Waals surface area contributed by atoms with Crippen molar-refractivity contribution in [2.75, 3.05) is 18.4 Å². The van der Waals surface area contributed by atoms with E-state index in [0.29, 0.717) is 37.2 Å². The number of amides is 2. The molecule has 1 unspecified atom stereocenters. The first kappa shape index (κ1) is 17.6. The molecule has 4 N–H and O–H groups in total. The van der Waals surface area contributed by atoms with Gasteiger partial charge in [-0.1, -0.05) is 24.3 Å². The predicted molar refractivity (Wildman–Crippen MR) is 97.2 cm³/mol. The summed E-state index contributed by atoms with van der Waals surface area (Å²) < 4.78 is 0. The van der Waals surface area contributed by atoms with Crippen LogP contribution in [0, 0.1) is 5.92 Å². The number of para-hydroxylation sites is 1. The highest BCUT2D eigenvalue weighted by Gasteiger charge is 2.28. The van der Waals surface area contributed by atoms with Crippen molar-refractivity contribution in [3.63, 3.8) is 0 Å². The quantitative estimate of drug-likeness (QED) is 0.729. The van der Waals surface area contributed by atoms with Crippen molar-refractivity contribution >= 4 is 28.8 Å². The number of hydrogen-bond acceptors (Lipinski definition) is 5. The molecule has 0 aliphatic carbocycles. The molecule has 7 heteroatoms. The number of nitrogens with zero attached hydrogens (tertiary/aromatic N) is 1. The van der Waals surface area contributed by atoms with Crippen LogP contribution in [0.1, 0.15) is 34.3 Å². The molecule has 1 atom stereocenters. The van der Waals surface area contributed by atoms with E-state index in [9.17, 15) is 14.7 Å². The van der Waals surface area contributed by atoms with Crippen LogP contribution in [0.25, 0.3) is 0 Å².